The highest BCUT2D eigenvalue weighted by Gasteiger charge is 2.29. The maximum Gasteiger partial charge on any atom is 0.337 e. The maximum atomic E-state index is 15.1. The number of carboxylic acid groups (broad SMARTS) is 1. The number of benzene rings is 3. The lowest BCUT2D eigenvalue weighted by molar-refractivity contribution is 0.0697. The molecule has 3 aromatic rings. The molecule has 0 radical (unpaired) electrons. The first kappa shape index (κ1) is 23.5. The normalized spacial score (nSPS) is 10.6. The fourth-order valence-corrected chi connectivity index (χ4v) is 4.10. The Morgan fingerprint density at radius 3 is 2.16 bits per heavy atom. The number of anilines is 4. The molecular formula is C23H20F2IN3O3. The van der Waals surface area contributed by atoms with Crippen LogP contribution in [0.3, 0.4) is 0 Å². The topological polar surface area (TPSA) is 72.9 Å². The van der Waals surface area contributed by atoms with Crippen molar-refractivity contribution in [3.8, 4) is 0 Å². The van der Waals surface area contributed by atoms with Gasteiger partial charge in [-0.15, -0.1) is 0 Å². The summed E-state index contributed by atoms with van der Waals surface area (Å²) in [5, 5.41) is 12.1. The van der Waals surface area contributed by atoms with E-state index < -0.39 is 40.3 Å². The predicted molar refractivity (Wildman–Crippen MR) is 129 cm³/mol. The van der Waals surface area contributed by atoms with Crippen LogP contribution < -0.4 is 13.3 Å². The van der Waals surface area contributed by atoms with Gasteiger partial charge in [0, 0.05) is 25.5 Å². The maximum absolute atomic E-state index is 15.1. The Bertz CT molecular complexity index is 1180. The number of amides is 1. The molecule has 1 amide bonds. The molecule has 2 N–H and O–H groups in total. The number of carbonyl (C=O) groups excluding carboxylic acids is 1. The van der Waals surface area contributed by atoms with Gasteiger partial charge in [-0.05, 0) is 48.9 Å². The Hall–Kier alpha value is -3.21. The lowest BCUT2D eigenvalue weighted by Crippen LogP contribution is -2.19. The van der Waals surface area contributed by atoms with E-state index >= 15 is 4.39 Å². The molecular weight excluding hydrogens is 531 g/mol. The fourth-order valence-electron chi connectivity index (χ4n) is 3.08. The minimum absolute atomic E-state index is 0.358. The summed E-state index contributed by atoms with van der Waals surface area (Å²) < 4.78 is 31.3. The number of carbonyl (C=O) groups is 2. The third-order valence-electron chi connectivity index (χ3n) is 4.82. The molecule has 6 nitrogen and oxygen atoms in total. The van der Waals surface area contributed by atoms with Crippen LogP contribution in [0.1, 0.15) is 26.3 Å². The minimum atomic E-state index is -1.49. The molecule has 0 spiro atoms. The number of rotatable bonds is 6. The standard InChI is InChI=1S/C23H20F2IN3O3/c1-13-6-4-5-7-18(13)29(26)21-17(23(31)32)12-16(19(24)20(21)25)22(30)27-14-8-10-15(11-9-14)28(2)3/h4-12H,1-3H3,(H,27,30)(H,31,32). The second kappa shape index (κ2) is 9.51. The van der Waals surface area contributed by atoms with Gasteiger partial charge in [-0.3, -0.25) is 7.91 Å². The van der Waals surface area contributed by atoms with Crippen LogP contribution in [0.4, 0.5) is 31.5 Å². The zero-order chi connectivity index (χ0) is 23.6. The molecule has 0 unspecified atom stereocenters. The number of hydrogen-bond acceptors (Lipinski definition) is 4. The second-order valence-electron chi connectivity index (χ2n) is 7.22. The van der Waals surface area contributed by atoms with Crippen LogP contribution in [-0.4, -0.2) is 31.1 Å². The van der Waals surface area contributed by atoms with Crippen molar-refractivity contribution in [2.45, 2.75) is 6.92 Å². The van der Waals surface area contributed by atoms with Gasteiger partial charge in [0.15, 0.2) is 11.6 Å². The summed E-state index contributed by atoms with van der Waals surface area (Å²) >= 11 is 1.71. The first-order valence-electron chi connectivity index (χ1n) is 9.47. The van der Waals surface area contributed by atoms with Crippen molar-refractivity contribution in [2.75, 3.05) is 27.4 Å². The number of nitrogens with zero attached hydrogens (tertiary/aromatic N) is 2. The van der Waals surface area contributed by atoms with Gasteiger partial charge in [0.05, 0.1) is 39.7 Å². The van der Waals surface area contributed by atoms with Gasteiger partial charge < -0.3 is 15.3 Å². The van der Waals surface area contributed by atoms with Gasteiger partial charge in [-0.25, -0.2) is 13.6 Å². The smallest absolute Gasteiger partial charge is 0.337 e. The zero-order valence-corrected chi connectivity index (χ0v) is 19.6. The Balaban J connectivity index is 2.02. The summed E-state index contributed by atoms with van der Waals surface area (Å²) in [7, 11) is 3.71. The molecule has 0 atom stereocenters. The summed E-state index contributed by atoms with van der Waals surface area (Å²) in [4.78, 5) is 26.4. The molecule has 0 fully saturated rings. The van der Waals surface area contributed by atoms with Gasteiger partial charge in [-0.1, -0.05) is 18.2 Å². The Kier molecular flexibility index (Phi) is 6.97. The van der Waals surface area contributed by atoms with Crippen LogP contribution in [0.15, 0.2) is 54.6 Å². The monoisotopic (exact) mass is 551 g/mol. The lowest BCUT2D eigenvalue weighted by atomic mass is 10.0. The average molecular weight is 551 g/mol. The quantitative estimate of drug-likeness (QED) is 0.301. The summed E-state index contributed by atoms with van der Waals surface area (Å²) in [6.07, 6.45) is 0. The van der Waals surface area contributed by atoms with Gasteiger partial charge in [0.25, 0.3) is 5.91 Å². The third kappa shape index (κ3) is 4.67. The van der Waals surface area contributed by atoms with Crippen molar-refractivity contribution in [1.82, 2.24) is 0 Å². The Morgan fingerprint density at radius 2 is 1.59 bits per heavy atom. The number of para-hydroxylation sites is 1. The third-order valence-corrected chi connectivity index (χ3v) is 5.82. The van der Waals surface area contributed by atoms with Crippen LogP contribution in [0, 0.1) is 18.6 Å². The van der Waals surface area contributed by atoms with E-state index in [0.29, 0.717) is 11.4 Å². The van der Waals surface area contributed by atoms with Crippen LogP contribution in [0.25, 0.3) is 0 Å². The molecule has 32 heavy (non-hydrogen) atoms. The molecule has 0 aliphatic rings. The van der Waals surface area contributed by atoms with Crippen LogP contribution >= 0.6 is 22.9 Å². The Morgan fingerprint density at radius 1 is 0.969 bits per heavy atom. The van der Waals surface area contributed by atoms with Crippen molar-refractivity contribution in [3.63, 3.8) is 0 Å². The van der Waals surface area contributed by atoms with Gasteiger partial charge in [0.1, 0.15) is 5.69 Å². The molecule has 0 saturated heterocycles. The lowest BCUT2D eigenvalue weighted by Gasteiger charge is -2.22. The molecule has 0 aliphatic carbocycles. The van der Waals surface area contributed by atoms with Crippen LogP contribution in [0.2, 0.25) is 0 Å². The molecule has 166 valence electrons. The average Bonchev–Trinajstić information content (AvgIpc) is 2.75. The predicted octanol–water partition coefficient (Wildman–Crippen LogP) is 5.78. The highest BCUT2D eigenvalue weighted by molar-refractivity contribution is 14.1. The minimum Gasteiger partial charge on any atom is -0.478 e. The summed E-state index contributed by atoms with van der Waals surface area (Å²) in [5.41, 5.74) is 0.766. The highest BCUT2D eigenvalue weighted by Crippen LogP contribution is 2.38. The van der Waals surface area contributed by atoms with E-state index in [1.165, 1.54) is 3.11 Å². The van der Waals surface area contributed by atoms with E-state index in [2.05, 4.69) is 5.32 Å². The molecule has 9 heteroatoms. The van der Waals surface area contributed by atoms with Crippen molar-refractivity contribution in [1.29, 1.82) is 0 Å². The second-order valence-corrected chi connectivity index (χ2v) is 8.18. The number of carboxylic acids is 1. The van der Waals surface area contributed by atoms with Crippen LogP contribution in [0.5, 0.6) is 0 Å². The number of aryl methyl sites for hydroxylation is 1. The van der Waals surface area contributed by atoms with E-state index in [1.807, 2.05) is 19.0 Å². The first-order valence-corrected chi connectivity index (χ1v) is 10.4. The van der Waals surface area contributed by atoms with Gasteiger partial charge >= 0.3 is 5.97 Å². The van der Waals surface area contributed by atoms with E-state index in [4.69, 9.17) is 0 Å². The van der Waals surface area contributed by atoms with Crippen molar-refractivity contribution < 1.29 is 23.5 Å². The molecule has 0 aromatic heterocycles. The highest BCUT2D eigenvalue weighted by atomic mass is 127. The molecule has 0 aliphatic heterocycles. The SMILES string of the molecule is Cc1ccccc1N(I)c1c(C(=O)O)cc(C(=O)Nc2ccc(N(C)C)cc2)c(F)c1F. The van der Waals surface area contributed by atoms with E-state index in [0.717, 1.165) is 17.3 Å². The Labute approximate surface area is 198 Å². The van der Waals surface area contributed by atoms with Gasteiger partial charge in [-0.2, -0.15) is 0 Å². The summed E-state index contributed by atoms with van der Waals surface area (Å²) in [6, 6.07) is 14.5. The van der Waals surface area contributed by atoms with Crippen LogP contribution in [-0.2, 0) is 0 Å². The largest absolute Gasteiger partial charge is 0.478 e. The molecule has 0 heterocycles. The summed E-state index contributed by atoms with van der Waals surface area (Å²) in [6.45, 7) is 1.76. The summed E-state index contributed by atoms with van der Waals surface area (Å²) in [5.74, 6) is -5.29. The number of halogens is 3. The first-order chi connectivity index (χ1) is 15.1. The van der Waals surface area contributed by atoms with E-state index in [1.54, 1.807) is 78.3 Å². The number of aromatic carboxylic acids is 1. The van der Waals surface area contributed by atoms with Crippen molar-refractivity contribution in [3.05, 3.63) is 82.9 Å². The zero-order valence-electron chi connectivity index (χ0n) is 17.5. The fraction of sp³-hybridized carbons (Fsp3) is 0.130. The molecule has 3 rings (SSSR count). The van der Waals surface area contributed by atoms with Crippen molar-refractivity contribution >= 4 is 57.5 Å². The molecule has 0 bridgehead atoms. The number of nitrogens with one attached hydrogen (secondary N) is 1. The van der Waals surface area contributed by atoms with E-state index in [9.17, 15) is 19.1 Å². The van der Waals surface area contributed by atoms with E-state index in [-0.39, 0.29) is 0 Å². The number of hydrogen-bond donors (Lipinski definition) is 2. The van der Waals surface area contributed by atoms with Gasteiger partial charge in [0.2, 0.25) is 0 Å². The molecule has 3 aromatic carbocycles. The van der Waals surface area contributed by atoms with Crippen molar-refractivity contribution in [2.24, 2.45) is 0 Å². The molecule has 0 saturated carbocycles.